The molecule has 4 aromatic rings. The van der Waals surface area contributed by atoms with Crippen molar-refractivity contribution in [2.24, 2.45) is 0 Å². The third kappa shape index (κ3) is 4.31. The van der Waals surface area contributed by atoms with E-state index in [1.807, 2.05) is 0 Å². The molecule has 0 fully saturated rings. The second kappa shape index (κ2) is 7.72. The Morgan fingerprint density at radius 2 is 1.44 bits per heavy atom. The standard InChI is InChI=1S/C18H16N6O6S2/c1-11-9-12(2)20-18(19-11)23-31(26,27)14-5-3-13(4-6-14)22-32(28,29)15-7-8-16-17(10-15)24(25)30-21-16/h3-10,22H,1-2H3,(H,19,20,23). The summed E-state index contributed by atoms with van der Waals surface area (Å²) in [5.41, 5.74) is 1.48. The van der Waals surface area contributed by atoms with Crippen LogP contribution < -0.4 is 14.3 Å². The summed E-state index contributed by atoms with van der Waals surface area (Å²) in [7, 11) is -8.05. The van der Waals surface area contributed by atoms with Crippen molar-refractivity contribution < 1.29 is 26.4 Å². The van der Waals surface area contributed by atoms with Crippen LogP contribution in [0.25, 0.3) is 11.0 Å². The molecule has 0 spiro atoms. The fourth-order valence-electron chi connectivity index (χ4n) is 2.89. The molecule has 0 amide bonds. The molecule has 0 aliphatic carbocycles. The van der Waals surface area contributed by atoms with E-state index < -0.39 is 20.0 Å². The van der Waals surface area contributed by atoms with E-state index in [1.54, 1.807) is 19.9 Å². The number of nitrogens with one attached hydrogen (secondary N) is 2. The maximum absolute atomic E-state index is 12.6. The van der Waals surface area contributed by atoms with Gasteiger partial charge in [-0.15, -0.1) is 0 Å². The highest BCUT2D eigenvalue weighted by Gasteiger charge is 2.20. The molecule has 32 heavy (non-hydrogen) atoms. The molecule has 0 unspecified atom stereocenters. The van der Waals surface area contributed by atoms with Gasteiger partial charge >= 0.3 is 0 Å². The lowest BCUT2D eigenvalue weighted by Gasteiger charge is -2.10. The van der Waals surface area contributed by atoms with Crippen molar-refractivity contribution in [3.8, 4) is 0 Å². The summed E-state index contributed by atoms with van der Waals surface area (Å²) in [6.45, 7) is 3.43. The summed E-state index contributed by atoms with van der Waals surface area (Å²) >= 11 is 0. The molecule has 12 nitrogen and oxygen atoms in total. The average molecular weight is 476 g/mol. The fourth-order valence-corrected chi connectivity index (χ4v) is 4.91. The lowest BCUT2D eigenvalue weighted by Crippen LogP contribution is -2.23. The Hall–Kier alpha value is -3.78. The van der Waals surface area contributed by atoms with Gasteiger partial charge in [-0.05, 0) is 61.2 Å². The van der Waals surface area contributed by atoms with Crippen molar-refractivity contribution >= 4 is 42.7 Å². The second-order valence-electron chi connectivity index (χ2n) is 6.79. The van der Waals surface area contributed by atoms with E-state index in [-0.39, 0.29) is 37.4 Å². The summed E-state index contributed by atoms with van der Waals surface area (Å²) in [5, 5.41) is 15.0. The van der Waals surface area contributed by atoms with E-state index in [9.17, 15) is 22.0 Å². The van der Waals surface area contributed by atoms with Crippen LogP contribution >= 0.6 is 0 Å². The third-order valence-electron chi connectivity index (χ3n) is 4.29. The number of anilines is 2. The molecule has 2 heterocycles. The minimum Gasteiger partial charge on any atom is -0.359 e. The average Bonchev–Trinajstić information content (AvgIpc) is 3.07. The fraction of sp³-hybridized carbons (Fsp3) is 0.111. The minimum absolute atomic E-state index is 0.0472. The first-order valence-corrected chi connectivity index (χ1v) is 12.0. The largest absolute Gasteiger partial charge is 0.359 e. The Bertz CT molecular complexity index is 1510. The lowest BCUT2D eigenvalue weighted by atomic mass is 10.3. The molecule has 0 atom stereocenters. The zero-order valence-corrected chi connectivity index (χ0v) is 18.3. The summed E-state index contributed by atoms with van der Waals surface area (Å²) in [6.07, 6.45) is 0. The number of rotatable bonds is 6. The van der Waals surface area contributed by atoms with Crippen molar-refractivity contribution in [3.63, 3.8) is 0 Å². The van der Waals surface area contributed by atoms with E-state index in [1.165, 1.54) is 36.4 Å². The zero-order chi connectivity index (χ0) is 23.1. The van der Waals surface area contributed by atoms with E-state index in [4.69, 9.17) is 0 Å². The maximum atomic E-state index is 12.6. The number of sulfonamides is 2. The van der Waals surface area contributed by atoms with Gasteiger partial charge in [0.1, 0.15) is 0 Å². The summed E-state index contributed by atoms with van der Waals surface area (Å²) in [6, 6.07) is 10.5. The molecule has 0 saturated carbocycles. The predicted molar refractivity (Wildman–Crippen MR) is 113 cm³/mol. The van der Waals surface area contributed by atoms with Gasteiger partial charge in [-0.1, -0.05) is 0 Å². The van der Waals surface area contributed by atoms with Gasteiger partial charge in [0.2, 0.25) is 17.0 Å². The molecule has 2 aromatic heterocycles. The lowest BCUT2D eigenvalue weighted by molar-refractivity contribution is -0.782. The van der Waals surface area contributed by atoms with Crippen LogP contribution in [0.3, 0.4) is 0 Å². The Balaban J connectivity index is 1.55. The zero-order valence-electron chi connectivity index (χ0n) is 16.7. The first kappa shape index (κ1) is 21.5. The topological polar surface area (TPSA) is 171 Å². The molecule has 0 aliphatic heterocycles. The first-order chi connectivity index (χ1) is 15.0. The SMILES string of the molecule is Cc1cc(C)nc(NS(=O)(=O)c2ccc(NS(=O)(=O)c3ccc4no[n+]([O-])c4c3)cc2)n1. The maximum Gasteiger partial charge on any atom is 0.264 e. The van der Waals surface area contributed by atoms with E-state index in [2.05, 4.69) is 29.2 Å². The molecule has 2 N–H and O–H groups in total. The number of aromatic nitrogens is 4. The minimum atomic E-state index is -4.06. The Morgan fingerprint density at radius 3 is 2.09 bits per heavy atom. The number of hydrogen-bond donors (Lipinski definition) is 2. The van der Waals surface area contributed by atoms with Gasteiger partial charge in [0.25, 0.3) is 20.0 Å². The molecule has 0 bridgehead atoms. The van der Waals surface area contributed by atoms with Crippen LogP contribution in [0, 0.1) is 19.1 Å². The molecular weight excluding hydrogens is 460 g/mol. The van der Waals surface area contributed by atoms with Crippen LogP contribution in [-0.2, 0) is 20.0 Å². The van der Waals surface area contributed by atoms with Gasteiger partial charge in [0.05, 0.1) is 9.79 Å². The predicted octanol–water partition coefficient (Wildman–Crippen LogP) is 1.47. The quantitative estimate of drug-likeness (QED) is 0.391. The summed E-state index contributed by atoms with van der Waals surface area (Å²) in [4.78, 5) is 7.88. The molecule has 14 heteroatoms. The van der Waals surface area contributed by atoms with Crippen LogP contribution in [0.4, 0.5) is 11.6 Å². The summed E-state index contributed by atoms with van der Waals surface area (Å²) < 4.78 is 59.5. The Labute approximate surface area is 182 Å². The molecule has 166 valence electrons. The Kier molecular flexibility index (Phi) is 5.18. The van der Waals surface area contributed by atoms with Crippen LogP contribution in [0.1, 0.15) is 11.4 Å². The van der Waals surface area contributed by atoms with Gasteiger partial charge in [-0.25, -0.2) is 31.5 Å². The van der Waals surface area contributed by atoms with E-state index in [0.717, 1.165) is 6.07 Å². The van der Waals surface area contributed by atoms with Gasteiger partial charge in [-0.2, -0.15) is 0 Å². The first-order valence-electron chi connectivity index (χ1n) is 9.01. The van der Waals surface area contributed by atoms with Crippen LogP contribution in [-0.4, -0.2) is 32.0 Å². The summed E-state index contributed by atoms with van der Waals surface area (Å²) in [5.74, 6) is -0.0629. The van der Waals surface area contributed by atoms with Crippen molar-refractivity contribution in [1.29, 1.82) is 0 Å². The van der Waals surface area contributed by atoms with Crippen molar-refractivity contribution in [2.75, 3.05) is 9.44 Å². The Morgan fingerprint density at radius 1 is 0.844 bits per heavy atom. The number of hydrogen-bond acceptors (Lipinski definition) is 9. The number of benzene rings is 2. The van der Waals surface area contributed by atoms with Crippen molar-refractivity contribution in [2.45, 2.75) is 23.6 Å². The number of aryl methyl sites for hydroxylation is 2. The van der Waals surface area contributed by atoms with Crippen LogP contribution in [0.15, 0.2) is 63.0 Å². The van der Waals surface area contributed by atoms with Gasteiger partial charge in [0, 0.05) is 28.3 Å². The van der Waals surface area contributed by atoms with E-state index in [0.29, 0.717) is 11.4 Å². The molecule has 0 aliphatic rings. The smallest absolute Gasteiger partial charge is 0.264 e. The third-order valence-corrected chi connectivity index (χ3v) is 7.02. The van der Waals surface area contributed by atoms with Gasteiger partial charge in [-0.3, -0.25) is 9.35 Å². The van der Waals surface area contributed by atoms with Gasteiger partial charge < -0.3 is 5.21 Å². The number of nitrogens with zero attached hydrogens (tertiary/aromatic N) is 4. The highest BCUT2D eigenvalue weighted by Crippen LogP contribution is 2.21. The van der Waals surface area contributed by atoms with Crippen LogP contribution in [0.5, 0.6) is 0 Å². The molecule has 0 saturated heterocycles. The highest BCUT2D eigenvalue weighted by molar-refractivity contribution is 7.93. The highest BCUT2D eigenvalue weighted by atomic mass is 32.2. The normalized spacial score (nSPS) is 12.1. The molecule has 0 radical (unpaired) electrons. The van der Waals surface area contributed by atoms with Crippen LogP contribution in [0.2, 0.25) is 0 Å². The molecule has 4 rings (SSSR count). The second-order valence-corrected chi connectivity index (χ2v) is 10.2. The van der Waals surface area contributed by atoms with Crippen molar-refractivity contribution in [3.05, 3.63) is 65.1 Å². The monoisotopic (exact) mass is 476 g/mol. The number of fused-ring (bicyclic) bond motifs is 1. The molecular formula is C18H16N6O6S2. The van der Waals surface area contributed by atoms with E-state index >= 15 is 0 Å². The van der Waals surface area contributed by atoms with Crippen molar-refractivity contribution in [1.82, 2.24) is 15.1 Å². The molecule has 2 aromatic carbocycles. The van der Waals surface area contributed by atoms with Gasteiger partial charge in [0.15, 0.2) is 0 Å².